The summed E-state index contributed by atoms with van der Waals surface area (Å²) in [5.41, 5.74) is 5.66. The van der Waals surface area contributed by atoms with Gasteiger partial charge in [0.25, 0.3) is 0 Å². The lowest BCUT2D eigenvalue weighted by atomic mass is 9.95. The molecule has 1 rings (SSSR count). The summed E-state index contributed by atoms with van der Waals surface area (Å²) in [5, 5.41) is 11.8. The standard InChI is InChI=1S/C11H23N3O2/c1-9(5-7-16-2)14-6-3-4-10(8-14)11(12)13-15/h9-10,15H,3-8H2,1-2H3,(H2,12,13). The molecule has 1 aliphatic rings. The van der Waals surface area contributed by atoms with Gasteiger partial charge in [-0.2, -0.15) is 0 Å². The maximum atomic E-state index is 8.68. The van der Waals surface area contributed by atoms with Gasteiger partial charge in [-0.05, 0) is 32.7 Å². The van der Waals surface area contributed by atoms with Crippen LogP contribution in [-0.4, -0.2) is 48.8 Å². The van der Waals surface area contributed by atoms with Crippen LogP contribution in [0.15, 0.2) is 5.16 Å². The molecule has 1 aliphatic heterocycles. The second-order valence-electron chi connectivity index (χ2n) is 4.49. The van der Waals surface area contributed by atoms with Gasteiger partial charge >= 0.3 is 0 Å². The van der Waals surface area contributed by atoms with Gasteiger partial charge in [0.2, 0.25) is 0 Å². The summed E-state index contributed by atoms with van der Waals surface area (Å²) in [7, 11) is 1.72. The van der Waals surface area contributed by atoms with Gasteiger partial charge in [-0.25, -0.2) is 0 Å². The van der Waals surface area contributed by atoms with E-state index < -0.39 is 0 Å². The largest absolute Gasteiger partial charge is 0.409 e. The summed E-state index contributed by atoms with van der Waals surface area (Å²) in [6.07, 6.45) is 3.15. The van der Waals surface area contributed by atoms with Crippen LogP contribution in [0.2, 0.25) is 0 Å². The lowest BCUT2D eigenvalue weighted by molar-refractivity contribution is 0.112. The molecule has 0 spiro atoms. The van der Waals surface area contributed by atoms with E-state index in [1.807, 2.05) is 0 Å². The topological polar surface area (TPSA) is 71.1 Å². The Morgan fingerprint density at radius 3 is 3.06 bits per heavy atom. The molecular weight excluding hydrogens is 206 g/mol. The zero-order valence-corrected chi connectivity index (χ0v) is 10.2. The fourth-order valence-electron chi connectivity index (χ4n) is 2.20. The van der Waals surface area contributed by atoms with E-state index in [1.165, 1.54) is 0 Å². The number of rotatable bonds is 5. The maximum absolute atomic E-state index is 8.68. The number of nitrogens with two attached hydrogens (primary N) is 1. The smallest absolute Gasteiger partial charge is 0.143 e. The van der Waals surface area contributed by atoms with Crippen molar-refractivity contribution in [1.82, 2.24) is 4.90 Å². The Labute approximate surface area is 97.2 Å². The second-order valence-corrected chi connectivity index (χ2v) is 4.49. The van der Waals surface area contributed by atoms with E-state index in [1.54, 1.807) is 7.11 Å². The van der Waals surface area contributed by atoms with Gasteiger partial charge < -0.3 is 15.7 Å². The van der Waals surface area contributed by atoms with Crippen molar-refractivity contribution >= 4 is 5.84 Å². The third-order valence-electron chi connectivity index (χ3n) is 3.35. The van der Waals surface area contributed by atoms with Crippen LogP contribution >= 0.6 is 0 Å². The van der Waals surface area contributed by atoms with E-state index in [-0.39, 0.29) is 5.92 Å². The average Bonchev–Trinajstić information content (AvgIpc) is 2.35. The first-order valence-electron chi connectivity index (χ1n) is 5.89. The van der Waals surface area contributed by atoms with E-state index >= 15 is 0 Å². The molecule has 0 aromatic heterocycles. The van der Waals surface area contributed by atoms with Crippen LogP contribution in [0, 0.1) is 5.92 Å². The summed E-state index contributed by atoms with van der Waals surface area (Å²) in [4.78, 5) is 2.39. The van der Waals surface area contributed by atoms with Crippen LogP contribution in [-0.2, 0) is 4.74 Å². The first-order chi connectivity index (χ1) is 7.69. The third-order valence-corrected chi connectivity index (χ3v) is 3.35. The number of likely N-dealkylation sites (tertiary alicyclic amines) is 1. The SMILES string of the molecule is COCCC(C)N1CCCC(C(N)=NO)C1. The monoisotopic (exact) mass is 229 g/mol. The lowest BCUT2D eigenvalue weighted by Gasteiger charge is -2.36. The highest BCUT2D eigenvalue weighted by Gasteiger charge is 2.25. The molecule has 1 fully saturated rings. The summed E-state index contributed by atoms with van der Waals surface area (Å²) in [6, 6.07) is 0.495. The van der Waals surface area contributed by atoms with Gasteiger partial charge in [0.15, 0.2) is 0 Å². The second kappa shape index (κ2) is 6.70. The van der Waals surface area contributed by atoms with Crippen molar-refractivity contribution in [3.8, 4) is 0 Å². The van der Waals surface area contributed by atoms with E-state index in [4.69, 9.17) is 15.7 Å². The van der Waals surface area contributed by atoms with Gasteiger partial charge in [0.05, 0.1) is 0 Å². The molecule has 0 saturated carbocycles. The van der Waals surface area contributed by atoms with Crippen molar-refractivity contribution in [3.05, 3.63) is 0 Å². The molecular formula is C11H23N3O2. The van der Waals surface area contributed by atoms with Gasteiger partial charge in [0.1, 0.15) is 5.84 Å². The molecule has 5 nitrogen and oxygen atoms in total. The normalized spacial score (nSPS) is 25.6. The Morgan fingerprint density at radius 2 is 2.44 bits per heavy atom. The van der Waals surface area contributed by atoms with Crippen molar-refractivity contribution in [2.75, 3.05) is 26.8 Å². The quantitative estimate of drug-likeness (QED) is 0.317. The first-order valence-corrected chi connectivity index (χ1v) is 5.89. The number of ether oxygens (including phenoxy) is 1. The molecule has 0 amide bonds. The zero-order chi connectivity index (χ0) is 12.0. The minimum atomic E-state index is 0.198. The number of methoxy groups -OCH3 is 1. The molecule has 0 bridgehead atoms. The molecule has 0 aromatic carbocycles. The minimum absolute atomic E-state index is 0.198. The van der Waals surface area contributed by atoms with Crippen LogP contribution < -0.4 is 5.73 Å². The molecule has 0 aromatic rings. The summed E-state index contributed by atoms with van der Waals surface area (Å²) >= 11 is 0. The summed E-state index contributed by atoms with van der Waals surface area (Å²) in [5.74, 6) is 0.562. The summed E-state index contributed by atoms with van der Waals surface area (Å²) in [6.45, 7) is 4.97. The first kappa shape index (κ1) is 13.3. The molecule has 2 unspecified atom stereocenters. The molecule has 94 valence electrons. The van der Waals surface area contributed by atoms with Gasteiger partial charge in [0, 0.05) is 32.2 Å². The van der Waals surface area contributed by atoms with Crippen molar-refractivity contribution in [3.63, 3.8) is 0 Å². The number of piperidine rings is 1. The van der Waals surface area contributed by atoms with Gasteiger partial charge in [-0.3, -0.25) is 4.90 Å². The molecule has 1 heterocycles. The van der Waals surface area contributed by atoms with Crippen LogP contribution in [0.4, 0.5) is 0 Å². The molecule has 1 saturated heterocycles. The van der Waals surface area contributed by atoms with Crippen molar-refractivity contribution in [2.24, 2.45) is 16.8 Å². The van der Waals surface area contributed by atoms with E-state index in [9.17, 15) is 0 Å². The van der Waals surface area contributed by atoms with E-state index in [0.29, 0.717) is 11.9 Å². The molecule has 0 aliphatic carbocycles. The number of hydrogen-bond acceptors (Lipinski definition) is 4. The maximum Gasteiger partial charge on any atom is 0.143 e. The van der Waals surface area contributed by atoms with Crippen LogP contribution in [0.1, 0.15) is 26.2 Å². The van der Waals surface area contributed by atoms with Crippen molar-refractivity contribution < 1.29 is 9.94 Å². The van der Waals surface area contributed by atoms with Gasteiger partial charge in [-0.15, -0.1) is 0 Å². The zero-order valence-electron chi connectivity index (χ0n) is 10.2. The van der Waals surface area contributed by atoms with Crippen molar-refractivity contribution in [2.45, 2.75) is 32.2 Å². The highest BCUT2D eigenvalue weighted by molar-refractivity contribution is 5.82. The van der Waals surface area contributed by atoms with Crippen LogP contribution in [0.3, 0.4) is 0 Å². The Balaban J connectivity index is 2.43. The van der Waals surface area contributed by atoms with E-state index in [0.717, 1.165) is 39.0 Å². The highest BCUT2D eigenvalue weighted by Crippen LogP contribution is 2.19. The molecule has 3 N–H and O–H groups in total. The fourth-order valence-corrected chi connectivity index (χ4v) is 2.20. The van der Waals surface area contributed by atoms with Gasteiger partial charge in [-0.1, -0.05) is 5.16 Å². The van der Waals surface area contributed by atoms with Crippen molar-refractivity contribution in [1.29, 1.82) is 0 Å². The Bertz CT molecular complexity index is 233. The predicted molar refractivity (Wildman–Crippen MR) is 63.7 cm³/mol. The van der Waals surface area contributed by atoms with Crippen LogP contribution in [0.5, 0.6) is 0 Å². The molecule has 16 heavy (non-hydrogen) atoms. The third kappa shape index (κ3) is 3.64. The molecule has 5 heteroatoms. The Kier molecular flexibility index (Phi) is 5.55. The number of hydrogen-bond donors (Lipinski definition) is 2. The molecule has 0 radical (unpaired) electrons. The minimum Gasteiger partial charge on any atom is -0.409 e. The molecule has 2 atom stereocenters. The average molecular weight is 229 g/mol. The Morgan fingerprint density at radius 1 is 1.69 bits per heavy atom. The predicted octanol–water partition coefficient (Wildman–Crippen LogP) is 0.870. The van der Waals surface area contributed by atoms with Crippen LogP contribution in [0.25, 0.3) is 0 Å². The lowest BCUT2D eigenvalue weighted by Crippen LogP contribution is -2.45. The number of nitrogens with zero attached hydrogens (tertiary/aromatic N) is 2. The fraction of sp³-hybridized carbons (Fsp3) is 0.909. The number of amidine groups is 1. The Hall–Kier alpha value is -0.810. The summed E-state index contributed by atoms with van der Waals surface area (Å²) < 4.78 is 5.08. The van der Waals surface area contributed by atoms with E-state index in [2.05, 4.69) is 17.0 Å². The number of oxime groups is 1. The highest BCUT2D eigenvalue weighted by atomic mass is 16.5.